The van der Waals surface area contributed by atoms with E-state index in [1.807, 2.05) is 17.8 Å². The van der Waals surface area contributed by atoms with Crippen molar-refractivity contribution in [3.05, 3.63) is 35.1 Å². The summed E-state index contributed by atoms with van der Waals surface area (Å²) in [6.45, 7) is 5.41. The van der Waals surface area contributed by atoms with E-state index in [0.717, 1.165) is 30.5 Å². The third-order valence-electron chi connectivity index (χ3n) is 3.54. The first-order chi connectivity index (χ1) is 8.03. The topological polar surface area (TPSA) is 12.0 Å². The van der Waals surface area contributed by atoms with Crippen LogP contribution in [0.5, 0.6) is 0 Å². The first-order valence-corrected chi connectivity index (χ1v) is 7.32. The lowest BCUT2D eigenvalue weighted by Gasteiger charge is -2.25. The largest absolute Gasteiger partial charge is 0.309 e. The number of fused-ring (bicyclic) bond motifs is 1. The molecule has 0 radical (unpaired) electrons. The highest BCUT2D eigenvalue weighted by atomic mass is 32.2. The summed E-state index contributed by atoms with van der Waals surface area (Å²) < 4.78 is 13.8. The van der Waals surface area contributed by atoms with Crippen LogP contribution in [0.2, 0.25) is 0 Å². The van der Waals surface area contributed by atoms with Crippen molar-refractivity contribution in [1.82, 2.24) is 5.32 Å². The minimum atomic E-state index is -0.0454. The fourth-order valence-electron chi connectivity index (χ4n) is 2.26. The summed E-state index contributed by atoms with van der Waals surface area (Å²) in [5.74, 6) is -0.0454. The number of nitrogens with one attached hydrogen (secondary N) is 1. The van der Waals surface area contributed by atoms with Gasteiger partial charge < -0.3 is 5.32 Å². The molecule has 0 fully saturated rings. The smallest absolute Gasteiger partial charge is 0.126 e. The highest BCUT2D eigenvalue weighted by Crippen LogP contribution is 2.33. The molecule has 0 aliphatic heterocycles. The third kappa shape index (κ3) is 2.83. The highest BCUT2D eigenvalue weighted by molar-refractivity contribution is 7.99. The molecule has 0 saturated carbocycles. The fourth-order valence-corrected chi connectivity index (χ4v) is 2.49. The van der Waals surface area contributed by atoms with Crippen LogP contribution in [0.15, 0.2) is 18.2 Å². The Balaban J connectivity index is 2.05. The predicted octanol–water partition coefficient (Wildman–Crippen LogP) is 3.54. The van der Waals surface area contributed by atoms with Crippen molar-refractivity contribution in [3.63, 3.8) is 0 Å². The van der Waals surface area contributed by atoms with E-state index < -0.39 is 0 Å². The van der Waals surface area contributed by atoms with E-state index >= 15 is 0 Å². The Labute approximate surface area is 107 Å². The zero-order valence-electron chi connectivity index (χ0n) is 10.7. The maximum Gasteiger partial charge on any atom is 0.126 e. The van der Waals surface area contributed by atoms with Crippen LogP contribution < -0.4 is 5.32 Å². The molecule has 1 atom stereocenters. The van der Waals surface area contributed by atoms with Gasteiger partial charge in [0.2, 0.25) is 0 Å². The lowest BCUT2D eigenvalue weighted by Crippen LogP contribution is -2.33. The van der Waals surface area contributed by atoms with Crippen LogP contribution in [-0.4, -0.2) is 17.5 Å². The molecule has 94 valence electrons. The van der Waals surface area contributed by atoms with Gasteiger partial charge in [-0.15, -0.1) is 0 Å². The van der Waals surface area contributed by atoms with Gasteiger partial charge in [-0.25, -0.2) is 4.39 Å². The second kappa shape index (κ2) is 4.99. The molecule has 0 amide bonds. The zero-order valence-corrected chi connectivity index (χ0v) is 11.5. The van der Waals surface area contributed by atoms with Gasteiger partial charge in [0, 0.05) is 17.3 Å². The summed E-state index contributed by atoms with van der Waals surface area (Å²) in [6.07, 6.45) is 4.00. The van der Waals surface area contributed by atoms with E-state index in [1.54, 1.807) is 6.07 Å². The van der Waals surface area contributed by atoms with E-state index in [0.29, 0.717) is 6.04 Å². The van der Waals surface area contributed by atoms with Crippen molar-refractivity contribution in [2.45, 2.75) is 37.5 Å². The van der Waals surface area contributed by atoms with Crippen molar-refractivity contribution in [2.24, 2.45) is 0 Å². The molecule has 2 rings (SSSR count). The number of benzene rings is 1. The summed E-state index contributed by atoms with van der Waals surface area (Å²) in [6, 6.07) is 5.75. The first-order valence-electron chi connectivity index (χ1n) is 6.09. The molecule has 1 aliphatic rings. The van der Waals surface area contributed by atoms with Crippen molar-refractivity contribution >= 4 is 11.8 Å². The number of halogens is 1. The number of rotatable bonds is 4. The zero-order chi connectivity index (χ0) is 12.5. The monoisotopic (exact) mass is 253 g/mol. The Morgan fingerprint density at radius 3 is 2.94 bits per heavy atom. The van der Waals surface area contributed by atoms with E-state index in [4.69, 9.17) is 0 Å². The minimum absolute atomic E-state index is 0.0454. The van der Waals surface area contributed by atoms with Gasteiger partial charge in [0.1, 0.15) is 5.82 Å². The van der Waals surface area contributed by atoms with Crippen LogP contribution in [0.25, 0.3) is 0 Å². The average Bonchev–Trinajstić information content (AvgIpc) is 2.71. The third-order valence-corrected chi connectivity index (χ3v) is 4.79. The minimum Gasteiger partial charge on any atom is -0.309 e. The van der Waals surface area contributed by atoms with Crippen LogP contribution in [0.3, 0.4) is 0 Å². The molecular weight excluding hydrogens is 233 g/mol. The van der Waals surface area contributed by atoms with Gasteiger partial charge in [0.05, 0.1) is 0 Å². The lowest BCUT2D eigenvalue weighted by molar-refractivity contribution is 0.493. The molecule has 0 heterocycles. The molecule has 1 nitrogen and oxygen atoms in total. The molecule has 0 spiro atoms. The summed E-state index contributed by atoms with van der Waals surface area (Å²) in [5, 5.41) is 3.57. The summed E-state index contributed by atoms with van der Waals surface area (Å²) in [5.41, 5.74) is 2.06. The average molecular weight is 253 g/mol. The maximum absolute atomic E-state index is 13.6. The van der Waals surface area contributed by atoms with E-state index in [-0.39, 0.29) is 10.6 Å². The summed E-state index contributed by atoms with van der Waals surface area (Å²) >= 11 is 1.86. The van der Waals surface area contributed by atoms with Crippen LogP contribution in [0.4, 0.5) is 4.39 Å². The quantitative estimate of drug-likeness (QED) is 0.881. The van der Waals surface area contributed by atoms with Crippen LogP contribution in [-0.2, 0) is 6.42 Å². The number of hydrogen-bond acceptors (Lipinski definition) is 2. The van der Waals surface area contributed by atoms with Crippen molar-refractivity contribution in [3.8, 4) is 0 Å². The Morgan fingerprint density at radius 2 is 2.24 bits per heavy atom. The first kappa shape index (κ1) is 12.9. The molecule has 0 bridgehead atoms. The van der Waals surface area contributed by atoms with Crippen molar-refractivity contribution in [1.29, 1.82) is 0 Å². The molecule has 1 unspecified atom stereocenters. The molecule has 1 N–H and O–H groups in total. The molecule has 3 heteroatoms. The van der Waals surface area contributed by atoms with Gasteiger partial charge in [-0.05, 0) is 50.1 Å². The summed E-state index contributed by atoms with van der Waals surface area (Å²) in [4.78, 5) is 0. The normalized spacial score (nSPS) is 19.4. The Morgan fingerprint density at radius 1 is 1.47 bits per heavy atom. The number of hydrogen-bond donors (Lipinski definition) is 1. The van der Waals surface area contributed by atoms with Gasteiger partial charge in [-0.1, -0.05) is 12.1 Å². The van der Waals surface area contributed by atoms with Gasteiger partial charge in [0.25, 0.3) is 0 Å². The fraction of sp³-hybridized carbons (Fsp3) is 0.571. The van der Waals surface area contributed by atoms with E-state index in [9.17, 15) is 4.39 Å². The molecule has 17 heavy (non-hydrogen) atoms. The van der Waals surface area contributed by atoms with Crippen LogP contribution >= 0.6 is 11.8 Å². The summed E-state index contributed by atoms with van der Waals surface area (Å²) in [7, 11) is 0. The second-order valence-corrected chi connectivity index (χ2v) is 6.76. The standard InChI is InChI=1S/C14H20FNS/c1-14(2,17-3)9-16-13-8-7-10-11(13)5-4-6-12(10)15/h4-6,13,16H,7-9H2,1-3H3. The molecule has 0 aromatic heterocycles. The Kier molecular flexibility index (Phi) is 3.79. The molecule has 1 aromatic rings. The predicted molar refractivity (Wildman–Crippen MR) is 73.1 cm³/mol. The molecule has 1 aliphatic carbocycles. The molecular formula is C14H20FNS. The Hall–Kier alpha value is -0.540. The van der Waals surface area contributed by atoms with E-state index in [2.05, 4.69) is 31.5 Å². The van der Waals surface area contributed by atoms with E-state index in [1.165, 1.54) is 0 Å². The van der Waals surface area contributed by atoms with Gasteiger partial charge >= 0.3 is 0 Å². The van der Waals surface area contributed by atoms with Crippen LogP contribution in [0.1, 0.15) is 37.4 Å². The highest BCUT2D eigenvalue weighted by Gasteiger charge is 2.26. The second-order valence-electron chi connectivity index (χ2n) is 5.24. The molecule has 0 saturated heterocycles. The number of thioether (sulfide) groups is 1. The molecule has 1 aromatic carbocycles. The van der Waals surface area contributed by atoms with Crippen LogP contribution in [0, 0.1) is 5.82 Å². The maximum atomic E-state index is 13.6. The van der Waals surface area contributed by atoms with Crippen molar-refractivity contribution < 1.29 is 4.39 Å². The lowest BCUT2D eigenvalue weighted by atomic mass is 10.1. The Bertz CT molecular complexity index is 403. The van der Waals surface area contributed by atoms with Gasteiger partial charge in [-0.3, -0.25) is 0 Å². The van der Waals surface area contributed by atoms with Gasteiger partial charge in [-0.2, -0.15) is 11.8 Å². The van der Waals surface area contributed by atoms with Crippen molar-refractivity contribution in [2.75, 3.05) is 12.8 Å². The SMILES string of the molecule is CSC(C)(C)CNC1CCc2c(F)cccc21. The van der Waals surface area contributed by atoms with Gasteiger partial charge in [0.15, 0.2) is 0 Å².